The van der Waals surface area contributed by atoms with Crippen LogP contribution in [-0.4, -0.2) is 84.1 Å². The second-order valence-corrected chi connectivity index (χ2v) is 10.9. The molecule has 2 saturated heterocycles. The zero-order chi connectivity index (χ0) is 27.6. The zero-order valence-electron chi connectivity index (χ0n) is 23.1. The molecule has 0 radical (unpaired) electrons. The molecule has 210 valence electrons. The van der Waals surface area contributed by atoms with E-state index in [4.69, 9.17) is 4.74 Å². The Morgan fingerprint density at radius 3 is 2.33 bits per heavy atom. The van der Waals surface area contributed by atoms with Crippen molar-refractivity contribution < 1.29 is 19.3 Å². The molecular weight excluding hydrogens is 508 g/mol. The summed E-state index contributed by atoms with van der Waals surface area (Å²) in [4.78, 5) is 33.6. The van der Waals surface area contributed by atoms with E-state index >= 15 is 0 Å². The molecule has 0 bridgehead atoms. The van der Waals surface area contributed by atoms with Gasteiger partial charge in [-0.25, -0.2) is 0 Å². The quantitative estimate of drug-likeness (QED) is 0.247. The molecule has 0 atom stereocenters. The van der Waals surface area contributed by atoms with Gasteiger partial charge >= 0.3 is 0 Å². The first-order chi connectivity index (χ1) is 19.5. The summed E-state index contributed by atoms with van der Waals surface area (Å²) in [6.07, 6.45) is 4.58. The number of hydrogen-bond donors (Lipinski definition) is 0. The number of rotatable bonds is 8. The molecule has 10 nitrogen and oxygen atoms in total. The summed E-state index contributed by atoms with van der Waals surface area (Å²) in [5.74, 6) is 0.227. The van der Waals surface area contributed by atoms with Crippen LogP contribution in [-0.2, 0) is 13.1 Å². The normalized spacial score (nSPS) is 18.1. The number of piperazine rings is 1. The van der Waals surface area contributed by atoms with Gasteiger partial charge < -0.3 is 14.8 Å². The number of methoxy groups -OCH3 is 1. The molecular formula is C30H36N6O4. The van der Waals surface area contributed by atoms with Crippen LogP contribution in [0.1, 0.15) is 63.4 Å². The van der Waals surface area contributed by atoms with Crippen LogP contribution in [0.25, 0.3) is 0 Å². The van der Waals surface area contributed by atoms with Crippen molar-refractivity contribution in [3.63, 3.8) is 0 Å². The lowest BCUT2D eigenvalue weighted by atomic mass is 9.90. The predicted molar refractivity (Wildman–Crippen MR) is 150 cm³/mol. The van der Waals surface area contributed by atoms with E-state index in [0.717, 1.165) is 50.7 Å². The molecule has 2 aliphatic heterocycles. The van der Waals surface area contributed by atoms with Gasteiger partial charge in [0.2, 0.25) is 17.3 Å². The van der Waals surface area contributed by atoms with Crippen molar-refractivity contribution >= 4 is 17.3 Å². The molecule has 0 saturated carbocycles. The average Bonchev–Trinajstić information content (AvgIpc) is 3.33. The Kier molecular flexibility index (Phi) is 7.53. The van der Waals surface area contributed by atoms with Gasteiger partial charge in [0.1, 0.15) is 5.75 Å². The minimum absolute atomic E-state index is 0.0526. The summed E-state index contributed by atoms with van der Waals surface area (Å²) in [6, 6.07) is 13.3. The molecule has 0 spiro atoms. The van der Waals surface area contributed by atoms with Gasteiger partial charge in [-0.3, -0.25) is 19.4 Å². The molecule has 0 N–H and O–H groups in total. The summed E-state index contributed by atoms with van der Waals surface area (Å²) >= 11 is 0. The number of nitrogens with zero attached hydrogens (tertiary/aromatic N) is 6. The maximum absolute atomic E-state index is 13.1. The van der Waals surface area contributed by atoms with Crippen LogP contribution in [0.5, 0.6) is 5.75 Å². The lowest BCUT2D eigenvalue weighted by molar-refractivity contribution is -0.749. The van der Waals surface area contributed by atoms with E-state index in [0.29, 0.717) is 29.1 Å². The standard InChI is InChI=1S/C30H36N6O4/c1-40-26-20-22(21-33-12-5-2-6-13-33)10-11-25(26)34-18-16-32(17-19-34)14-7-15-35-28-27(31-36(35)39)29(37)23-8-3-4-9-24(23)30(28)38/h3-4,8-11,20H,2,5-7,12-19,21H2,1H3. The number of benzene rings is 2. The van der Waals surface area contributed by atoms with Crippen molar-refractivity contribution in [1.29, 1.82) is 0 Å². The van der Waals surface area contributed by atoms with Crippen molar-refractivity contribution in [2.24, 2.45) is 0 Å². The molecule has 6 rings (SSSR count). The maximum atomic E-state index is 13.1. The molecule has 2 aromatic carbocycles. The summed E-state index contributed by atoms with van der Waals surface area (Å²) < 4.78 is 7.09. The number of carbonyl (C=O) groups excluding carboxylic acids is 2. The number of carbonyl (C=O) groups is 2. The molecule has 1 aromatic heterocycles. The van der Waals surface area contributed by atoms with E-state index in [-0.39, 0.29) is 23.0 Å². The van der Waals surface area contributed by atoms with Crippen molar-refractivity contribution in [2.45, 2.75) is 38.8 Å². The maximum Gasteiger partial charge on any atom is 0.220 e. The molecule has 3 aliphatic rings. The summed E-state index contributed by atoms with van der Waals surface area (Å²) in [6.45, 7) is 7.97. The van der Waals surface area contributed by atoms with E-state index < -0.39 is 0 Å². The number of fused-ring (bicyclic) bond motifs is 2. The second-order valence-electron chi connectivity index (χ2n) is 10.9. The third-order valence-electron chi connectivity index (χ3n) is 8.38. The third-order valence-corrected chi connectivity index (χ3v) is 8.38. The van der Waals surface area contributed by atoms with E-state index in [1.807, 2.05) is 0 Å². The fourth-order valence-electron chi connectivity index (χ4n) is 6.22. The Balaban J connectivity index is 1.04. The summed E-state index contributed by atoms with van der Waals surface area (Å²) in [5.41, 5.74) is 3.10. The predicted octanol–water partition coefficient (Wildman–Crippen LogP) is 2.50. The molecule has 10 heteroatoms. The van der Waals surface area contributed by atoms with Crippen LogP contribution in [0.4, 0.5) is 5.69 Å². The van der Waals surface area contributed by atoms with Crippen molar-refractivity contribution in [1.82, 2.24) is 19.6 Å². The van der Waals surface area contributed by atoms with Crippen LogP contribution in [0.3, 0.4) is 0 Å². The number of ether oxygens (including phenoxy) is 1. The number of anilines is 1. The van der Waals surface area contributed by atoms with E-state index in [1.54, 1.807) is 31.4 Å². The fourth-order valence-corrected chi connectivity index (χ4v) is 6.22. The molecule has 2 fully saturated rings. The Hall–Kier alpha value is -3.76. The summed E-state index contributed by atoms with van der Waals surface area (Å²) in [5, 5.41) is 16.4. The smallest absolute Gasteiger partial charge is 0.220 e. The SMILES string of the molecule is COc1cc(CN2CCCCC2)ccc1N1CCN(CCCn2c3c(n[n+]2[O-])C(=O)c2ccccc2C3=O)CC1. The van der Waals surface area contributed by atoms with Crippen LogP contribution in [0, 0.1) is 5.21 Å². The van der Waals surface area contributed by atoms with Gasteiger partial charge in [0.25, 0.3) is 0 Å². The van der Waals surface area contributed by atoms with Gasteiger partial charge in [-0.2, -0.15) is 0 Å². The Morgan fingerprint density at radius 1 is 0.875 bits per heavy atom. The molecule has 0 unspecified atom stereocenters. The Bertz CT molecular complexity index is 1410. The number of ketones is 2. The first kappa shape index (κ1) is 26.5. The van der Waals surface area contributed by atoms with Gasteiger partial charge in [-0.15, -0.1) is 4.68 Å². The van der Waals surface area contributed by atoms with Crippen LogP contribution < -0.4 is 14.6 Å². The highest BCUT2D eigenvalue weighted by Gasteiger charge is 2.39. The van der Waals surface area contributed by atoms with Crippen molar-refractivity contribution in [3.05, 3.63) is 75.8 Å². The van der Waals surface area contributed by atoms with Gasteiger partial charge in [0.15, 0.2) is 5.69 Å². The average molecular weight is 545 g/mol. The third kappa shape index (κ3) is 5.09. The van der Waals surface area contributed by atoms with Crippen molar-refractivity contribution in [3.8, 4) is 5.75 Å². The monoisotopic (exact) mass is 544 g/mol. The first-order valence-corrected chi connectivity index (χ1v) is 14.3. The fraction of sp³-hybridized carbons (Fsp3) is 0.467. The van der Waals surface area contributed by atoms with E-state index in [2.05, 4.69) is 38.0 Å². The minimum Gasteiger partial charge on any atom is -0.571 e. The van der Waals surface area contributed by atoms with Gasteiger partial charge in [0, 0.05) is 60.5 Å². The van der Waals surface area contributed by atoms with Gasteiger partial charge in [-0.05, 0) is 50.0 Å². The molecule has 0 amide bonds. The van der Waals surface area contributed by atoms with Crippen LogP contribution in [0.15, 0.2) is 42.5 Å². The number of piperidine rings is 1. The lowest BCUT2D eigenvalue weighted by Crippen LogP contribution is -2.47. The highest BCUT2D eigenvalue weighted by molar-refractivity contribution is 6.26. The van der Waals surface area contributed by atoms with E-state index in [9.17, 15) is 14.8 Å². The highest BCUT2D eigenvalue weighted by atomic mass is 16.5. The van der Waals surface area contributed by atoms with E-state index in [1.165, 1.54) is 42.6 Å². The van der Waals surface area contributed by atoms with Gasteiger partial charge in [-0.1, -0.05) is 36.8 Å². The Labute approximate surface area is 234 Å². The lowest BCUT2D eigenvalue weighted by Gasteiger charge is -2.36. The number of hydrogen-bond acceptors (Lipinski definition) is 8. The number of likely N-dealkylation sites (tertiary alicyclic amines) is 1. The minimum atomic E-state index is -0.375. The largest absolute Gasteiger partial charge is 0.571 e. The second kappa shape index (κ2) is 11.4. The van der Waals surface area contributed by atoms with Crippen LogP contribution in [0.2, 0.25) is 0 Å². The van der Waals surface area contributed by atoms with Crippen LogP contribution >= 0.6 is 0 Å². The summed E-state index contributed by atoms with van der Waals surface area (Å²) in [7, 11) is 1.74. The first-order valence-electron chi connectivity index (χ1n) is 14.3. The molecule has 40 heavy (non-hydrogen) atoms. The highest BCUT2D eigenvalue weighted by Crippen LogP contribution is 2.31. The Morgan fingerprint density at radius 2 is 1.60 bits per heavy atom. The van der Waals surface area contributed by atoms with Crippen molar-refractivity contribution in [2.75, 3.05) is 57.8 Å². The molecule has 1 aliphatic carbocycles. The zero-order valence-corrected chi connectivity index (χ0v) is 23.1. The molecule has 3 heterocycles. The number of aromatic nitrogens is 3. The topological polar surface area (TPSA) is 97.8 Å². The van der Waals surface area contributed by atoms with Gasteiger partial charge in [0.05, 0.1) is 19.3 Å². The molecule has 3 aromatic rings.